The SMILES string of the molecule is CC[C@]1(c2ccccc2)NC(=O)N(CC(=O)Nc2cc(OC)c(OC)cc2C(=O)OC)C1=O. The Labute approximate surface area is 190 Å². The number of nitrogens with one attached hydrogen (secondary N) is 2. The lowest BCUT2D eigenvalue weighted by Crippen LogP contribution is -2.44. The van der Waals surface area contributed by atoms with E-state index in [2.05, 4.69) is 10.6 Å². The molecule has 0 saturated carbocycles. The maximum Gasteiger partial charge on any atom is 0.340 e. The lowest BCUT2D eigenvalue weighted by Gasteiger charge is -2.25. The molecule has 33 heavy (non-hydrogen) atoms. The summed E-state index contributed by atoms with van der Waals surface area (Å²) in [7, 11) is 4.01. The lowest BCUT2D eigenvalue weighted by molar-refractivity contribution is -0.134. The number of amides is 4. The van der Waals surface area contributed by atoms with Crippen molar-refractivity contribution in [2.24, 2.45) is 0 Å². The van der Waals surface area contributed by atoms with Gasteiger partial charge in [-0.15, -0.1) is 0 Å². The smallest absolute Gasteiger partial charge is 0.340 e. The summed E-state index contributed by atoms with van der Waals surface area (Å²) in [5, 5.41) is 5.28. The van der Waals surface area contributed by atoms with Gasteiger partial charge < -0.3 is 24.8 Å². The van der Waals surface area contributed by atoms with Crippen LogP contribution in [0.15, 0.2) is 42.5 Å². The van der Waals surface area contributed by atoms with E-state index in [9.17, 15) is 19.2 Å². The molecule has 0 radical (unpaired) electrons. The van der Waals surface area contributed by atoms with Crippen molar-refractivity contribution in [3.8, 4) is 11.5 Å². The van der Waals surface area contributed by atoms with E-state index < -0.39 is 35.9 Å². The molecule has 1 aliphatic rings. The minimum absolute atomic E-state index is 0.0212. The molecule has 0 aromatic heterocycles. The Bertz CT molecular complexity index is 1090. The first-order valence-electron chi connectivity index (χ1n) is 10.1. The van der Waals surface area contributed by atoms with Gasteiger partial charge in [0.05, 0.1) is 32.6 Å². The number of hydrogen-bond donors (Lipinski definition) is 2. The van der Waals surface area contributed by atoms with Crippen molar-refractivity contribution in [2.45, 2.75) is 18.9 Å². The summed E-state index contributed by atoms with van der Waals surface area (Å²) in [4.78, 5) is 51.7. The third-order valence-corrected chi connectivity index (χ3v) is 5.48. The third kappa shape index (κ3) is 4.32. The van der Waals surface area contributed by atoms with Crippen LogP contribution in [0.5, 0.6) is 11.5 Å². The minimum atomic E-state index is -1.25. The zero-order valence-electron chi connectivity index (χ0n) is 18.8. The fourth-order valence-corrected chi connectivity index (χ4v) is 3.73. The second kappa shape index (κ2) is 9.60. The molecule has 2 aromatic carbocycles. The molecular formula is C23H25N3O7. The zero-order chi connectivity index (χ0) is 24.2. The van der Waals surface area contributed by atoms with Crippen LogP contribution in [0, 0.1) is 0 Å². The predicted molar refractivity (Wildman–Crippen MR) is 118 cm³/mol. The molecule has 1 aliphatic heterocycles. The molecular weight excluding hydrogens is 430 g/mol. The van der Waals surface area contributed by atoms with Crippen molar-refractivity contribution in [3.05, 3.63) is 53.6 Å². The Morgan fingerprint density at radius 1 is 1.03 bits per heavy atom. The van der Waals surface area contributed by atoms with Crippen LogP contribution in [0.1, 0.15) is 29.3 Å². The number of esters is 1. The van der Waals surface area contributed by atoms with E-state index >= 15 is 0 Å². The maximum absolute atomic E-state index is 13.2. The van der Waals surface area contributed by atoms with Crippen LogP contribution in [0.2, 0.25) is 0 Å². The van der Waals surface area contributed by atoms with Gasteiger partial charge in [-0.05, 0) is 12.0 Å². The monoisotopic (exact) mass is 455 g/mol. The molecule has 10 nitrogen and oxygen atoms in total. The van der Waals surface area contributed by atoms with Crippen LogP contribution in [0.4, 0.5) is 10.5 Å². The number of carbonyl (C=O) groups excluding carboxylic acids is 4. The van der Waals surface area contributed by atoms with Gasteiger partial charge in [0, 0.05) is 12.1 Å². The van der Waals surface area contributed by atoms with Crippen molar-refractivity contribution < 1.29 is 33.4 Å². The molecule has 0 spiro atoms. The van der Waals surface area contributed by atoms with E-state index in [1.54, 1.807) is 37.3 Å². The standard InChI is InChI=1S/C23H25N3O7/c1-5-23(14-9-7-6-8-10-14)21(29)26(22(30)25-23)13-19(27)24-16-12-18(32-3)17(31-2)11-15(16)20(28)33-4/h6-12H,5,13H2,1-4H3,(H,24,27)(H,25,30)/t23-/m1/s1. The van der Waals surface area contributed by atoms with Gasteiger partial charge in [0.25, 0.3) is 5.91 Å². The highest BCUT2D eigenvalue weighted by Crippen LogP contribution is 2.35. The summed E-state index contributed by atoms with van der Waals surface area (Å²) >= 11 is 0. The zero-order valence-corrected chi connectivity index (χ0v) is 18.8. The van der Waals surface area contributed by atoms with Crippen molar-refractivity contribution >= 4 is 29.5 Å². The van der Waals surface area contributed by atoms with Crippen molar-refractivity contribution in [3.63, 3.8) is 0 Å². The van der Waals surface area contributed by atoms with Crippen molar-refractivity contribution in [1.29, 1.82) is 0 Å². The van der Waals surface area contributed by atoms with Crippen LogP contribution in [0.25, 0.3) is 0 Å². The van der Waals surface area contributed by atoms with Gasteiger partial charge in [0.1, 0.15) is 12.1 Å². The second-order valence-electron chi connectivity index (χ2n) is 7.24. The number of carbonyl (C=O) groups is 4. The quantitative estimate of drug-likeness (QED) is 0.462. The predicted octanol–water partition coefficient (Wildman–Crippen LogP) is 2.29. The first kappa shape index (κ1) is 23.6. The lowest BCUT2D eigenvalue weighted by atomic mass is 9.87. The molecule has 0 bridgehead atoms. The number of urea groups is 1. The Balaban J connectivity index is 1.86. The summed E-state index contributed by atoms with van der Waals surface area (Å²) in [6.45, 7) is 1.23. The molecule has 1 atom stereocenters. The topological polar surface area (TPSA) is 123 Å². The summed E-state index contributed by atoms with van der Waals surface area (Å²) in [6, 6.07) is 10.9. The van der Waals surface area contributed by atoms with Crippen LogP contribution in [-0.4, -0.2) is 56.6 Å². The van der Waals surface area contributed by atoms with Gasteiger partial charge in [-0.1, -0.05) is 37.3 Å². The second-order valence-corrected chi connectivity index (χ2v) is 7.24. The summed E-state index contributed by atoms with van der Waals surface area (Å²) in [5.41, 5.74) is -0.519. The van der Waals surface area contributed by atoms with E-state index in [1.165, 1.54) is 33.5 Å². The molecule has 0 unspecified atom stereocenters. The van der Waals surface area contributed by atoms with Crippen LogP contribution in [-0.2, 0) is 19.9 Å². The molecule has 1 saturated heterocycles. The molecule has 1 heterocycles. The fourth-order valence-electron chi connectivity index (χ4n) is 3.73. The van der Waals surface area contributed by atoms with E-state index in [1.807, 2.05) is 0 Å². The maximum atomic E-state index is 13.2. The number of methoxy groups -OCH3 is 3. The van der Waals surface area contributed by atoms with Gasteiger partial charge in [0.2, 0.25) is 5.91 Å². The average molecular weight is 455 g/mol. The Morgan fingerprint density at radius 3 is 2.24 bits per heavy atom. The fraction of sp³-hybridized carbons (Fsp3) is 0.304. The van der Waals surface area contributed by atoms with Gasteiger partial charge in [-0.2, -0.15) is 0 Å². The molecule has 2 N–H and O–H groups in total. The Kier molecular flexibility index (Phi) is 6.86. The minimum Gasteiger partial charge on any atom is -0.493 e. The molecule has 1 fully saturated rings. The molecule has 3 rings (SSSR count). The molecule has 0 aliphatic carbocycles. The molecule has 10 heteroatoms. The average Bonchev–Trinajstić information content (AvgIpc) is 3.08. The van der Waals surface area contributed by atoms with Gasteiger partial charge in [-0.3, -0.25) is 14.5 Å². The third-order valence-electron chi connectivity index (χ3n) is 5.48. The molecule has 2 aromatic rings. The number of imide groups is 1. The van der Waals surface area contributed by atoms with Gasteiger partial charge in [0.15, 0.2) is 11.5 Å². The van der Waals surface area contributed by atoms with Gasteiger partial charge in [-0.25, -0.2) is 9.59 Å². The van der Waals surface area contributed by atoms with E-state index in [-0.39, 0.29) is 22.7 Å². The number of rotatable bonds is 8. The van der Waals surface area contributed by atoms with E-state index in [4.69, 9.17) is 14.2 Å². The van der Waals surface area contributed by atoms with Crippen LogP contribution < -0.4 is 20.1 Å². The van der Waals surface area contributed by atoms with E-state index in [0.717, 1.165) is 4.90 Å². The number of benzene rings is 2. The summed E-state index contributed by atoms with van der Waals surface area (Å²) < 4.78 is 15.2. The van der Waals surface area contributed by atoms with Crippen molar-refractivity contribution in [1.82, 2.24) is 10.2 Å². The molecule has 4 amide bonds. The number of anilines is 1. The highest BCUT2D eigenvalue weighted by Gasteiger charge is 2.51. The highest BCUT2D eigenvalue weighted by molar-refractivity contribution is 6.11. The van der Waals surface area contributed by atoms with Crippen LogP contribution in [0.3, 0.4) is 0 Å². The summed E-state index contributed by atoms with van der Waals surface area (Å²) in [6.07, 6.45) is 0.307. The first-order valence-corrected chi connectivity index (χ1v) is 10.1. The highest BCUT2D eigenvalue weighted by atomic mass is 16.5. The van der Waals surface area contributed by atoms with Gasteiger partial charge >= 0.3 is 12.0 Å². The van der Waals surface area contributed by atoms with E-state index in [0.29, 0.717) is 12.0 Å². The number of hydrogen-bond acceptors (Lipinski definition) is 7. The largest absolute Gasteiger partial charge is 0.493 e. The number of ether oxygens (including phenoxy) is 3. The summed E-state index contributed by atoms with van der Waals surface area (Å²) in [5.74, 6) is -1.40. The molecule has 174 valence electrons. The van der Waals surface area contributed by atoms with Crippen LogP contribution >= 0.6 is 0 Å². The Morgan fingerprint density at radius 2 is 1.67 bits per heavy atom. The Hall–Kier alpha value is -4.08. The first-order chi connectivity index (χ1) is 15.8. The van der Waals surface area contributed by atoms with Crippen molar-refractivity contribution in [2.75, 3.05) is 33.2 Å². The number of nitrogens with zero attached hydrogens (tertiary/aromatic N) is 1. The normalized spacial score (nSPS) is 17.4.